The first-order valence-corrected chi connectivity index (χ1v) is 5.28. The monoisotopic (exact) mass is 279 g/mol. The zero-order valence-corrected chi connectivity index (χ0v) is 9.80. The third kappa shape index (κ3) is 2.74. The van der Waals surface area contributed by atoms with Crippen molar-refractivity contribution >= 4 is 17.6 Å². The highest BCUT2D eigenvalue weighted by Gasteiger charge is 2.18. The van der Waals surface area contributed by atoms with Crippen LogP contribution in [0.2, 0.25) is 0 Å². The van der Waals surface area contributed by atoms with Crippen LogP contribution in [0, 0.1) is 11.6 Å². The minimum Gasteiger partial charge on any atom is -0.478 e. The van der Waals surface area contributed by atoms with Gasteiger partial charge >= 0.3 is 5.97 Å². The number of halogens is 2. The zero-order chi connectivity index (χ0) is 14.7. The molecule has 0 saturated carbocycles. The van der Waals surface area contributed by atoms with Crippen LogP contribution in [0.5, 0.6) is 0 Å². The smallest absolute Gasteiger partial charge is 0.337 e. The summed E-state index contributed by atoms with van der Waals surface area (Å²) in [5.74, 6) is -4.88. The van der Waals surface area contributed by atoms with E-state index in [1.807, 2.05) is 0 Å². The van der Waals surface area contributed by atoms with E-state index in [9.17, 15) is 18.4 Å². The highest BCUT2D eigenvalue weighted by molar-refractivity contribution is 6.06. The van der Waals surface area contributed by atoms with Crippen LogP contribution in [0.3, 0.4) is 0 Å². The molecular weight excluding hydrogens is 272 g/mol. The Bertz CT molecular complexity index is 677. The molecule has 1 aromatic carbocycles. The lowest BCUT2D eigenvalue weighted by atomic mass is 10.1. The van der Waals surface area contributed by atoms with E-state index in [1.54, 1.807) is 0 Å². The lowest BCUT2D eigenvalue weighted by Gasteiger charge is -2.08. The fourth-order valence-electron chi connectivity index (χ4n) is 1.43. The number of hydrogen-bond donors (Lipinski definition) is 2. The van der Waals surface area contributed by atoms with Gasteiger partial charge in [0.25, 0.3) is 5.91 Å². The van der Waals surface area contributed by atoms with Crippen LogP contribution in [0.15, 0.2) is 30.7 Å². The summed E-state index contributed by atoms with van der Waals surface area (Å²) in [6.45, 7) is 0. The van der Waals surface area contributed by atoms with E-state index in [-0.39, 0.29) is 11.4 Å². The lowest BCUT2D eigenvalue weighted by Crippen LogP contribution is -2.17. The molecule has 2 aromatic rings. The summed E-state index contributed by atoms with van der Waals surface area (Å²) in [6.07, 6.45) is 3.75. The number of amides is 1. The van der Waals surface area contributed by atoms with E-state index in [2.05, 4.69) is 15.3 Å². The predicted molar refractivity (Wildman–Crippen MR) is 63.3 cm³/mol. The zero-order valence-electron chi connectivity index (χ0n) is 9.80. The molecule has 102 valence electrons. The number of carbonyl (C=O) groups excluding carboxylic acids is 1. The van der Waals surface area contributed by atoms with Crippen LogP contribution in [0.4, 0.5) is 14.5 Å². The quantitative estimate of drug-likeness (QED) is 0.892. The third-order valence-corrected chi connectivity index (χ3v) is 2.33. The average Bonchev–Trinajstić information content (AvgIpc) is 2.43. The van der Waals surface area contributed by atoms with E-state index in [0.717, 1.165) is 6.20 Å². The molecule has 6 nitrogen and oxygen atoms in total. The average molecular weight is 279 g/mol. The van der Waals surface area contributed by atoms with E-state index in [0.29, 0.717) is 12.1 Å². The number of nitrogens with zero attached hydrogens (tertiary/aromatic N) is 2. The first kappa shape index (κ1) is 13.5. The number of hydrogen-bond acceptors (Lipinski definition) is 4. The summed E-state index contributed by atoms with van der Waals surface area (Å²) in [6, 6.07) is 1.08. The molecule has 0 bridgehead atoms. The van der Waals surface area contributed by atoms with E-state index >= 15 is 0 Å². The van der Waals surface area contributed by atoms with Gasteiger partial charge in [0.15, 0.2) is 11.6 Å². The number of rotatable bonds is 3. The lowest BCUT2D eigenvalue weighted by molar-refractivity contribution is 0.0697. The molecule has 0 atom stereocenters. The van der Waals surface area contributed by atoms with Gasteiger partial charge in [0, 0.05) is 18.5 Å². The standard InChI is InChI=1S/C12H7F2N3O3/c13-7-3-6(12(19)20)9(4-8(7)14)17-11(18)10-5-15-1-2-16-10/h1-5H,(H,17,18)(H,19,20). The van der Waals surface area contributed by atoms with Gasteiger partial charge in [-0.1, -0.05) is 0 Å². The highest BCUT2D eigenvalue weighted by atomic mass is 19.2. The Kier molecular flexibility index (Phi) is 3.65. The maximum absolute atomic E-state index is 13.1. The van der Waals surface area contributed by atoms with Gasteiger partial charge in [-0.2, -0.15) is 0 Å². The van der Waals surface area contributed by atoms with Gasteiger partial charge in [0.1, 0.15) is 5.69 Å². The number of nitrogens with one attached hydrogen (secondary N) is 1. The van der Waals surface area contributed by atoms with Gasteiger partial charge in [0.05, 0.1) is 17.4 Å². The molecule has 2 rings (SSSR count). The van der Waals surface area contributed by atoms with E-state index < -0.39 is 29.1 Å². The van der Waals surface area contributed by atoms with Crippen LogP contribution >= 0.6 is 0 Å². The molecule has 0 saturated heterocycles. The molecule has 1 aromatic heterocycles. The predicted octanol–water partition coefficient (Wildman–Crippen LogP) is 1.71. The molecule has 0 aliphatic carbocycles. The van der Waals surface area contributed by atoms with Crippen LogP contribution in [-0.4, -0.2) is 27.0 Å². The van der Waals surface area contributed by atoms with Gasteiger partial charge in [0.2, 0.25) is 0 Å². The molecule has 0 unspecified atom stereocenters. The Morgan fingerprint density at radius 2 is 1.85 bits per heavy atom. The van der Waals surface area contributed by atoms with Crippen molar-refractivity contribution in [1.82, 2.24) is 9.97 Å². The van der Waals surface area contributed by atoms with Crippen molar-refractivity contribution in [2.45, 2.75) is 0 Å². The Balaban J connectivity index is 2.36. The first-order chi connectivity index (χ1) is 9.49. The molecule has 8 heteroatoms. The van der Waals surface area contributed by atoms with Crippen molar-refractivity contribution in [2.75, 3.05) is 5.32 Å². The van der Waals surface area contributed by atoms with Crippen molar-refractivity contribution < 1.29 is 23.5 Å². The van der Waals surface area contributed by atoms with Gasteiger partial charge in [-0.3, -0.25) is 9.78 Å². The summed E-state index contributed by atoms with van der Waals surface area (Å²) in [5, 5.41) is 11.0. The van der Waals surface area contributed by atoms with Crippen molar-refractivity contribution in [3.8, 4) is 0 Å². The second-order valence-electron chi connectivity index (χ2n) is 3.66. The number of carbonyl (C=O) groups is 2. The topological polar surface area (TPSA) is 92.2 Å². The summed E-state index contributed by atoms with van der Waals surface area (Å²) in [7, 11) is 0. The molecule has 0 aliphatic rings. The summed E-state index contributed by atoms with van der Waals surface area (Å²) in [4.78, 5) is 30.1. The molecule has 0 aliphatic heterocycles. The third-order valence-electron chi connectivity index (χ3n) is 2.33. The van der Waals surface area contributed by atoms with E-state index in [1.165, 1.54) is 12.4 Å². The van der Waals surface area contributed by atoms with Crippen molar-refractivity contribution in [3.05, 3.63) is 53.6 Å². The molecule has 20 heavy (non-hydrogen) atoms. The van der Waals surface area contributed by atoms with Crippen LogP contribution in [0.1, 0.15) is 20.8 Å². The van der Waals surface area contributed by atoms with Crippen molar-refractivity contribution in [2.24, 2.45) is 0 Å². The fourth-order valence-corrected chi connectivity index (χ4v) is 1.43. The SMILES string of the molecule is O=C(Nc1cc(F)c(F)cc1C(=O)O)c1cnccn1. The maximum atomic E-state index is 13.1. The Hall–Kier alpha value is -2.90. The van der Waals surface area contributed by atoms with Gasteiger partial charge in [-0.05, 0) is 6.07 Å². The Morgan fingerprint density at radius 1 is 1.15 bits per heavy atom. The second kappa shape index (κ2) is 5.39. The number of anilines is 1. The molecular formula is C12H7F2N3O3. The normalized spacial score (nSPS) is 10.1. The number of carboxylic acid groups (broad SMARTS) is 1. The molecule has 2 N–H and O–H groups in total. The second-order valence-corrected chi connectivity index (χ2v) is 3.66. The molecule has 0 spiro atoms. The minimum atomic E-state index is -1.50. The van der Waals surface area contributed by atoms with Crippen molar-refractivity contribution in [3.63, 3.8) is 0 Å². The molecule has 0 fully saturated rings. The molecule has 0 radical (unpaired) electrons. The van der Waals surface area contributed by atoms with Gasteiger partial charge in [-0.15, -0.1) is 0 Å². The Morgan fingerprint density at radius 3 is 2.45 bits per heavy atom. The number of benzene rings is 1. The molecule has 1 amide bonds. The van der Waals surface area contributed by atoms with Gasteiger partial charge < -0.3 is 10.4 Å². The first-order valence-electron chi connectivity index (χ1n) is 5.28. The highest BCUT2D eigenvalue weighted by Crippen LogP contribution is 2.20. The van der Waals surface area contributed by atoms with Gasteiger partial charge in [-0.25, -0.2) is 18.6 Å². The number of aromatic carboxylic acids is 1. The largest absolute Gasteiger partial charge is 0.478 e. The maximum Gasteiger partial charge on any atom is 0.337 e. The van der Waals surface area contributed by atoms with Crippen LogP contribution < -0.4 is 5.32 Å². The van der Waals surface area contributed by atoms with E-state index in [4.69, 9.17) is 5.11 Å². The Labute approximate surface area is 111 Å². The molecule has 1 heterocycles. The number of carboxylic acids is 1. The summed E-state index contributed by atoms with van der Waals surface area (Å²) >= 11 is 0. The van der Waals surface area contributed by atoms with Crippen LogP contribution in [0.25, 0.3) is 0 Å². The fraction of sp³-hybridized carbons (Fsp3) is 0. The summed E-state index contributed by atoms with van der Waals surface area (Å²) in [5.41, 5.74) is -1.03. The van der Waals surface area contributed by atoms with Crippen LogP contribution in [-0.2, 0) is 0 Å². The van der Waals surface area contributed by atoms with Crippen molar-refractivity contribution in [1.29, 1.82) is 0 Å². The number of aromatic nitrogens is 2. The summed E-state index contributed by atoms with van der Waals surface area (Å²) < 4.78 is 26.1. The minimum absolute atomic E-state index is 0.0893.